The lowest BCUT2D eigenvalue weighted by Crippen LogP contribution is -2.21. The Bertz CT molecular complexity index is 543. The summed E-state index contributed by atoms with van der Waals surface area (Å²) in [5.74, 6) is 0. The van der Waals surface area contributed by atoms with Crippen molar-refractivity contribution in [2.75, 3.05) is 11.9 Å². The van der Waals surface area contributed by atoms with Gasteiger partial charge in [0.15, 0.2) is 0 Å². The summed E-state index contributed by atoms with van der Waals surface area (Å²) in [6.45, 7) is 4.31. The predicted molar refractivity (Wildman–Crippen MR) is 92.3 cm³/mol. The fourth-order valence-electron chi connectivity index (χ4n) is 2.41. The minimum atomic E-state index is 0.259. The van der Waals surface area contributed by atoms with Gasteiger partial charge in [-0.3, -0.25) is 0 Å². The lowest BCUT2D eigenvalue weighted by molar-refractivity contribution is 0.646. The second kappa shape index (κ2) is 7.28. The SMILES string of the molecule is CCc1ccc(N(C)c2ccc(CC(N)CC)cc2)cc1. The van der Waals surface area contributed by atoms with Crippen LogP contribution >= 0.6 is 0 Å². The molecular formula is C19H26N2. The standard InChI is InChI=1S/C19H26N2/c1-4-15-6-10-18(11-7-15)21(3)19-12-8-16(9-13-19)14-17(20)5-2/h6-13,17H,4-5,14,20H2,1-3H3. The van der Waals surface area contributed by atoms with E-state index in [1.807, 2.05) is 0 Å². The number of rotatable bonds is 6. The van der Waals surface area contributed by atoms with Crippen LogP contribution in [-0.4, -0.2) is 13.1 Å². The lowest BCUT2D eigenvalue weighted by Gasteiger charge is -2.20. The molecule has 0 bridgehead atoms. The molecule has 0 saturated carbocycles. The topological polar surface area (TPSA) is 29.3 Å². The summed E-state index contributed by atoms with van der Waals surface area (Å²) in [6, 6.07) is 17.7. The van der Waals surface area contributed by atoms with Crippen molar-refractivity contribution in [2.24, 2.45) is 5.73 Å². The van der Waals surface area contributed by atoms with Crippen LogP contribution in [0.3, 0.4) is 0 Å². The Kier molecular flexibility index (Phi) is 5.40. The largest absolute Gasteiger partial charge is 0.345 e. The van der Waals surface area contributed by atoms with Crippen molar-refractivity contribution in [3.63, 3.8) is 0 Å². The first-order valence-electron chi connectivity index (χ1n) is 7.81. The van der Waals surface area contributed by atoms with E-state index in [0.717, 1.165) is 19.3 Å². The summed E-state index contributed by atoms with van der Waals surface area (Å²) < 4.78 is 0. The van der Waals surface area contributed by atoms with E-state index in [4.69, 9.17) is 5.73 Å². The molecule has 112 valence electrons. The van der Waals surface area contributed by atoms with Crippen LogP contribution < -0.4 is 10.6 Å². The van der Waals surface area contributed by atoms with Gasteiger partial charge < -0.3 is 10.6 Å². The molecule has 0 amide bonds. The molecule has 2 aromatic rings. The number of aryl methyl sites for hydroxylation is 1. The third-order valence-electron chi connectivity index (χ3n) is 4.08. The molecule has 0 radical (unpaired) electrons. The van der Waals surface area contributed by atoms with Gasteiger partial charge in [0.2, 0.25) is 0 Å². The molecule has 0 aliphatic rings. The van der Waals surface area contributed by atoms with Gasteiger partial charge in [0.1, 0.15) is 0 Å². The maximum absolute atomic E-state index is 6.01. The number of hydrogen-bond donors (Lipinski definition) is 1. The van der Waals surface area contributed by atoms with Gasteiger partial charge in [-0.1, -0.05) is 38.1 Å². The number of nitrogens with zero attached hydrogens (tertiary/aromatic N) is 1. The molecule has 2 nitrogen and oxygen atoms in total. The molecule has 2 aromatic carbocycles. The highest BCUT2D eigenvalue weighted by Gasteiger charge is 2.05. The van der Waals surface area contributed by atoms with Crippen LogP contribution in [0.15, 0.2) is 48.5 Å². The van der Waals surface area contributed by atoms with Crippen molar-refractivity contribution in [2.45, 2.75) is 39.2 Å². The van der Waals surface area contributed by atoms with Crippen molar-refractivity contribution >= 4 is 11.4 Å². The monoisotopic (exact) mass is 282 g/mol. The van der Waals surface area contributed by atoms with Crippen molar-refractivity contribution < 1.29 is 0 Å². The summed E-state index contributed by atoms with van der Waals surface area (Å²) in [5.41, 5.74) is 11.1. The van der Waals surface area contributed by atoms with Gasteiger partial charge in [-0.25, -0.2) is 0 Å². The zero-order valence-electron chi connectivity index (χ0n) is 13.3. The average Bonchev–Trinajstić information content (AvgIpc) is 2.55. The Balaban J connectivity index is 2.09. The highest BCUT2D eigenvalue weighted by Crippen LogP contribution is 2.24. The van der Waals surface area contributed by atoms with Crippen molar-refractivity contribution in [3.8, 4) is 0 Å². The summed E-state index contributed by atoms with van der Waals surface area (Å²) >= 11 is 0. The van der Waals surface area contributed by atoms with E-state index < -0.39 is 0 Å². The molecule has 0 heterocycles. The first-order valence-corrected chi connectivity index (χ1v) is 7.81. The van der Waals surface area contributed by atoms with Crippen LogP contribution in [0.5, 0.6) is 0 Å². The number of benzene rings is 2. The van der Waals surface area contributed by atoms with Crippen molar-refractivity contribution in [3.05, 3.63) is 59.7 Å². The first kappa shape index (κ1) is 15.6. The average molecular weight is 282 g/mol. The van der Waals surface area contributed by atoms with Gasteiger partial charge >= 0.3 is 0 Å². The normalized spacial score (nSPS) is 12.2. The third kappa shape index (κ3) is 4.08. The van der Waals surface area contributed by atoms with Crippen LogP contribution in [0.4, 0.5) is 11.4 Å². The van der Waals surface area contributed by atoms with Gasteiger partial charge in [-0.2, -0.15) is 0 Å². The number of nitrogens with two attached hydrogens (primary N) is 1. The van der Waals surface area contributed by atoms with Crippen LogP contribution in [0.2, 0.25) is 0 Å². The molecular weight excluding hydrogens is 256 g/mol. The minimum Gasteiger partial charge on any atom is -0.345 e. The van der Waals surface area contributed by atoms with Crippen LogP contribution in [-0.2, 0) is 12.8 Å². The van der Waals surface area contributed by atoms with Crippen LogP contribution in [0.25, 0.3) is 0 Å². The molecule has 2 rings (SSSR count). The Hall–Kier alpha value is -1.80. The third-order valence-corrected chi connectivity index (χ3v) is 4.08. The maximum Gasteiger partial charge on any atom is 0.0408 e. The fourth-order valence-corrected chi connectivity index (χ4v) is 2.41. The smallest absolute Gasteiger partial charge is 0.0408 e. The van der Waals surface area contributed by atoms with Gasteiger partial charge in [-0.05, 0) is 54.7 Å². The summed E-state index contributed by atoms with van der Waals surface area (Å²) in [6.07, 6.45) is 3.05. The summed E-state index contributed by atoms with van der Waals surface area (Å²) in [7, 11) is 2.10. The fraction of sp³-hybridized carbons (Fsp3) is 0.368. The van der Waals surface area contributed by atoms with Crippen molar-refractivity contribution in [1.29, 1.82) is 0 Å². The quantitative estimate of drug-likeness (QED) is 0.856. The Morgan fingerprint density at radius 2 is 1.33 bits per heavy atom. The first-order chi connectivity index (χ1) is 10.1. The molecule has 0 aliphatic carbocycles. The van der Waals surface area contributed by atoms with Crippen LogP contribution in [0.1, 0.15) is 31.4 Å². The van der Waals surface area contributed by atoms with Gasteiger partial charge in [0, 0.05) is 24.5 Å². The summed E-state index contributed by atoms with van der Waals surface area (Å²) in [5, 5.41) is 0. The minimum absolute atomic E-state index is 0.259. The zero-order valence-corrected chi connectivity index (χ0v) is 13.3. The van der Waals surface area contributed by atoms with Crippen molar-refractivity contribution in [1.82, 2.24) is 0 Å². The van der Waals surface area contributed by atoms with Gasteiger partial charge in [-0.15, -0.1) is 0 Å². The molecule has 0 saturated heterocycles. The molecule has 21 heavy (non-hydrogen) atoms. The van der Waals surface area contributed by atoms with Gasteiger partial charge in [0.05, 0.1) is 0 Å². The van der Waals surface area contributed by atoms with E-state index in [2.05, 4.69) is 74.3 Å². The second-order valence-corrected chi connectivity index (χ2v) is 5.62. The molecule has 2 heteroatoms. The van der Waals surface area contributed by atoms with Crippen LogP contribution in [0, 0.1) is 0 Å². The Labute approximate surface area is 128 Å². The molecule has 0 aromatic heterocycles. The summed E-state index contributed by atoms with van der Waals surface area (Å²) in [4.78, 5) is 2.21. The van der Waals surface area contributed by atoms with E-state index >= 15 is 0 Å². The zero-order chi connectivity index (χ0) is 15.2. The highest BCUT2D eigenvalue weighted by molar-refractivity contribution is 5.62. The highest BCUT2D eigenvalue weighted by atomic mass is 15.1. The predicted octanol–water partition coefficient (Wildman–Crippen LogP) is 4.30. The van der Waals surface area contributed by atoms with E-state index in [1.165, 1.54) is 22.5 Å². The van der Waals surface area contributed by atoms with E-state index in [0.29, 0.717) is 0 Å². The van der Waals surface area contributed by atoms with E-state index in [9.17, 15) is 0 Å². The number of hydrogen-bond acceptors (Lipinski definition) is 2. The van der Waals surface area contributed by atoms with E-state index in [-0.39, 0.29) is 6.04 Å². The maximum atomic E-state index is 6.01. The Morgan fingerprint density at radius 3 is 1.76 bits per heavy atom. The molecule has 0 spiro atoms. The van der Waals surface area contributed by atoms with Gasteiger partial charge in [0.25, 0.3) is 0 Å². The molecule has 1 atom stereocenters. The number of anilines is 2. The second-order valence-electron chi connectivity index (χ2n) is 5.62. The van der Waals surface area contributed by atoms with E-state index in [1.54, 1.807) is 0 Å². The Morgan fingerprint density at radius 1 is 0.857 bits per heavy atom. The molecule has 0 aliphatic heterocycles. The molecule has 0 fully saturated rings. The lowest BCUT2D eigenvalue weighted by atomic mass is 10.0. The molecule has 1 unspecified atom stereocenters. The molecule has 2 N–H and O–H groups in total.